The number of aromatic nitrogens is 2. The van der Waals surface area contributed by atoms with Gasteiger partial charge in [-0.1, -0.05) is 29.8 Å². The number of nitrogens with one attached hydrogen (secondary N) is 1. The zero-order valence-electron chi connectivity index (χ0n) is 15.0. The van der Waals surface area contributed by atoms with Crippen LogP contribution in [0.25, 0.3) is 16.6 Å². The van der Waals surface area contributed by atoms with Crippen LogP contribution in [-0.2, 0) is 16.6 Å². The van der Waals surface area contributed by atoms with Crippen LogP contribution in [-0.4, -0.2) is 23.7 Å². The molecule has 136 valence electrons. The summed E-state index contributed by atoms with van der Waals surface area (Å²) in [7, 11) is -3.40. The van der Waals surface area contributed by atoms with Crippen molar-refractivity contribution in [3.63, 3.8) is 0 Å². The second-order valence-corrected chi connectivity index (χ2v) is 8.30. The second kappa shape index (κ2) is 7.01. The van der Waals surface area contributed by atoms with Gasteiger partial charge < -0.3 is 0 Å². The highest BCUT2D eigenvalue weighted by Crippen LogP contribution is 2.18. The maximum Gasteiger partial charge on any atom is 0.266 e. The molecule has 0 aliphatic carbocycles. The number of hydrogen-bond donors (Lipinski definition) is 1. The normalized spacial score (nSPS) is 11.8. The van der Waals surface area contributed by atoms with Crippen LogP contribution in [0.15, 0.2) is 47.3 Å². The Balaban J connectivity index is 2.26. The van der Waals surface area contributed by atoms with E-state index < -0.39 is 10.0 Å². The molecule has 0 spiro atoms. The Kier molecular flexibility index (Phi) is 4.93. The number of benzene rings is 2. The number of rotatable bonds is 5. The Hall–Kier alpha value is -2.51. The van der Waals surface area contributed by atoms with Gasteiger partial charge in [0.05, 0.1) is 28.9 Å². The van der Waals surface area contributed by atoms with Crippen molar-refractivity contribution in [3.8, 4) is 5.69 Å². The average Bonchev–Trinajstić information content (AvgIpc) is 2.61. The van der Waals surface area contributed by atoms with Crippen LogP contribution in [0.4, 0.5) is 0 Å². The average molecular weight is 371 g/mol. The number of fused-ring (bicyclic) bond motifs is 1. The van der Waals surface area contributed by atoms with Crippen molar-refractivity contribution in [1.29, 1.82) is 0 Å². The van der Waals surface area contributed by atoms with Crippen LogP contribution in [0.1, 0.15) is 23.9 Å². The highest BCUT2D eigenvalue weighted by molar-refractivity contribution is 7.89. The molecule has 0 saturated heterocycles. The van der Waals surface area contributed by atoms with E-state index in [9.17, 15) is 13.2 Å². The van der Waals surface area contributed by atoms with Gasteiger partial charge in [-0.05, 0) is 44.5 Å². The highest BCUT2D eigenvalue weighted by Gasteiger charge is 2.16. The molecule has 2 aromatic carbocycles. The van der Waals surface area contributed by atoms with Gasteiger partial charge in [0.1, 0.15) is 5.82 Å². The molecule has 3 rings (SSSR count). The Bertz CT molecular complexity index is 1130. The Labute approximate surface area is 152 Å². The summed E-state index contributed by atoms with van der Waals surface area (Å²) in [5.41, 5.74) is 3.03. The van der Waals surface area contributed by atoms with E-state index >= 15 is 0 Å². The van der Waals surface area contributed by atoms with E-state index in [0.717, 1.165) is 11.1 Å². The first-order chi connectivity index (χ1) is 12.3. The van der Waals surface area contributed by atoms with Gasteiger partial charge in [-0.3, -0.25) is 9.36 Å². The van der Waals surface area contributed by atoms with Crippen molar-refractivity contribution in [3.05, 3.63) is 69.8 Å². The molecule has 0 fully saturated rings. The molecule has 1 aromatic heterocycles. The minimum atomic E-state index is -3.40. The molecule has 0 amide bonds. The van der Waals surface area contributed by atoms with E-state index in [-0.39, 0.29) is 17.9 Å². The number of aryl methyl sites for hydroxylation is 2. The molecule has 0 radical (unpaired) electrons. The fourth-order valence-electron chi connectivity index (χ4n) is 2.88. The highest BCUT2D eigenvalue weighted by atomic mass is 32.2. The van der Waals surface area contributed by atoms with Crippen molar-refractivity contribution < 1.29 is 8.42 Å². The van der Waals surface area contributed by atoms with Gasteiger partial charge >= 0.3 is 0 Å². The molecular weight excluding hydrogens is 350 g/mol. The lowest BCUT2D eigenvalue weighted by atomic mass is 10.1. The zero-order chi connectivity index (χ0) is 18.9. The predicted molar refractivity (Wildman–Crippen MR) is 103 cm³/mol. The number of para-hydroxylation sites is 1. The molecule has 0 unspecified atom stereocenters. The minimum Gasteiger partial charge on any atom is -0.268 e. The van der Waals surface area contributed by atoms with Crippen molar-refractivity contribution in [2.75, 3.05) is 5.75 Å². The second-order valence-electron chi connectivity index (χ2n) is 6.20. The molecule has 0 aliphatic heterocycles. The quantitative estimate of drug-likeness (QED) is 0.747. The lowest BCUT2D eigenvalue weighted by Gasteiger charge is -2.16. The van der Waals surface area contributed by atoms with E-state index in [1.807, 2.05) is 32.0 Å². The SMILES string of the molecule is CCS(=O)(=O)NCc1nc2ccccc2c(=O)n1-c1ccc(C)cc1C. The fourth-order valence-corrected chi connectivity index (χ4v) is 3.43. The lowest BCUT2D eigenvalue weighted by molar-refractivity contribution is 0.579. The summed E-state index contributed by atoms with van der Waals surface area (Å²) in [6, 6.07) is 12.8. The molecule has 26 heavy (non-hydrogen) atoms. The Morgan fingerprint density at radius 3 is 2.54 bits per heavy atom. The van der Waals surface area contributed by atoms with E-state index in [1.165, 1.54) is 4.57 Å². The van der Waals surface area contributed by atoms with Crippen LogP contribution in [0, 0.1) is 13.8 Å². The summed E-state index contributed by atoms with van der Waals surface area (Å²) in [5, 5.41) is 0.495. The third-order valence-electron chi connectivity index (χ3n) is 4.27. The van der Waals surface area contributed by atoms with Crippen molar-refractivity contribution >= 4 is 20.9 Å². The van der Waals surface area contributed by atoms with E-state index in [0.29, 0.717) is 22.4 Å². The van der Waals surface area contributed by atoms with Crippen LogP contribution < -0.4 is 10.3 Å². The predicted octanol–water partition coefficient (Wildman–Crippen LogP) is 2.44. The van der Waals surface area contributed by atoms with Gasteiger partial charge in [-0.2, -0.15) is 0 Å². The Morgan fingerprint density at radius 2 is 1.85 bits per heavy atom. The summed E-state index contributed by atoms with van der Waals surface area (Å²) in [5.74, 6) is 0.326. The van der Waals surface area contributed by atoms with Gasteiger partial charge in [-0.25, -0.2) is 18.1 Å². The van der Waals surface area contributed by atoms with Crippen molar-refractivity contribution in [1.82, 2.24) is 14.3 Å². The lowest BCUT2D eigenvalue weighted by Crippen LogP contribution is -2.31. The number of nitrogens with zero attached hydrogens (tertiary/aromatic N) is 2. The molecular formula is C19H21N3O3S. The first-order valence-corrected chi connectivity index (χ1v) is 10.0. The molecule has 6 nitrogen and oxygen atoms in total. The van der Waals surface area contributed by atoms with Crippen molar-refractivity contribution in [2.45, 2.75) is 27.3 Å². The van der Waals surface area contributed by atoms with Gasteiger partial charge in [0.2, 0.25) is 10.0 Å². The third-order valence-corrected chi connectivity index (χ3v) is 5.61. The van der Waals surface area contributed by atoms with E-state index in [1.54, 1.807) is 31.2 Å². The minimum absolute atomic E-state index is 0.0334. The van der Waals surface area contributed by atoms with Gasteiger partial charge in [-0.15, -0.1) is 0 Å². The topological polar surface area (TPSA) is 81.1 Å². The molecule has 7 heteroatoms. The van der Waals surface area contributed by atoms with E-state index in [2.05, 4.69) is 9.71 Å². The third kappa shape index (κ3) is 3.54. The Morgan fingerprint density at radius 1 is 1.12 bits per heavy atom. The monoisotopic (exact) mass is 371 g/mol. The molecule has 1 heterocycles. The van der Waals surface area contributed by atoms with Gasteiger partial charge in [0.15, 0.2) is 0 Å². The summed E-state index contributed by atoms with van der Waals surface area (Å²) in [4.78, 5) is 17.7. The maximum absolute atomic E-state index is 13.1. The summed E-state index contributed by atoms with van der Waals surface area (Å²) in [6.45, 7) is 5.41. The molecule has 3 aromatic rings. The molecule has 0 atom stereocenters. The molecule has 0 aliphatic rings. The van der Waals surface area contributed by atoms with Crippen LogP contribution in [0.2, 0.25) is 0 Å². The first kappa shape index (κ1) is 18.3. The van der Waals surface area contributed by atoms with Gasteiger partial charge in [0.25, 0.3) is 5.56 Å². The van der Waals surface area contributed by atoms with Crippen molar-refractivity contribution in [2.24, 2.45) is 0 Å². The van der Waals surface area contributed by atoms with Crippen LogP contribution in [0.3, 0.4) is 0 Å². The summed E-state index contributed by atoms with van der Waals surface area (Å²) < 4.78 is 27.7. The number of hydrogen-bond acceptors (Lipinski definition) is 4. The fraction of sp³-hybridized carbons (Fsp3) is 0.263. The molecule has 0 saturated carbocycles. The first-order valence-electron chi connectivity index (χ1n) is 8.38. The number of sulfonamides is 1. The standard InChI is InChI=1S/C19H21N3O3S/c1-4-26(24,25)20-12-18-21-16-8-6-5-7-15(16)19(23)22(18)17-10-9-13(2)11-14(17)3/h5-11,20H,4,12H2,1-3H3. The summed E-state index contributed by atoms with van der Waals surface area (Å²) >= 11 is 0. The molecule has 0 bridgehead atoms. The van der Waals surface area contributed by atoms with E-state index in [4.69, 9.17) is 0 Å². The van der Waals surface area contributed by atoms with Crippen LogP contribution in [0.5, 0.6) is 0 Å². The maximum atomic E-state index is 13.1. The van der Waals surface area contributed by atoms with Gasteiger partial charge in [0, 0.05) is 0 Å². The zero-order valence-corrected chi connectivity index (χ0v) is 15.8. The van der Waals surface area contributed by atoms with Crippen LogP contribution >= 0.6 is 0 Å². The summed E-state index contributed by atoms with van der Waals surface area (Å²) in [6.07, 6.45) is 0. The molecule has 1 N–H and O–H groups in total. The smallest absolute Gasteiger partial charge is 0.266 e. The largest absolute Gasteiger partial charge is 0.268 e.